The van der Waals surface area contributed by atoms with Crippen LogP contribution in [0.4, 0.5) is 0 Å². The summed E-state index contributed by atoms with van der Waals surface area (Å²) in [5, 5.41) is 15.2. The lowest BCUT2D eigenvalue weighted by molar-refractivity contribution is -0.143. The van der Waals surface area contributed by atoms with Crippen LogP contribution >= 0.6 is 0 Å². The zero-order valence-corrected chi connectivity index (χ0v) is 19.2. The van der Waals surface area contributed by atoms with Crippen molar-refractivity contribution in [3.8, 4) is 11.6 Å². The molecular weight excluding hydrogens is 412 g/mol. The van der Waals surface area contributed by atoms with E-state index in [4.69, 9.17) is 8.83 Å². The third-order valence-corrected chi connectivity index (χ3v) is 4.66. The van der Waals surface area contributed by atoms with E-state index in [9.17, 15) is 9.59 Å². The molecule has 0 saturated heterocycles. The van der Waals surface area contributed by atoms with E-state index in [1.54, 1.807) is 30.5 Å². The number of hydrogen-bond donors (Lipinski definition) is 1. The Kier molecular flexibility index (Phi) is 7.12. The van der Waals surface area contributed by atoms with Gasteiger partial charge in [-0.05, 0) is 63.6 Å². The molecule has 1 atom stereocenters. The van der Waals surface area contributed by atoms with E-state index in [-0.39, 0.29) is 24.9 Å². The lowest BCUT2D eigenvalue weighted by atomic mass is 10.0. The van der Waals surface area contributed by atoms with Gasteiger partial charge < -0.3 is 19.1 Å². The smallest absolute Gasteiger partial charge is 0.247 e. The van der Waals surface area contributed by atoms with Crippen LogP contribution < -0.4 is 5.32 Å². The first-order chi connectivity index (χ1) is 15.2. The summed E-state index contributed by atoms with van der Waals surface area (Å²) >= 11 is 0. The van der Waals surface area contributed by atoms with Gasteiger partial charge in [-0.15, -0.1) is 10.2 Å². The van der Waals surface area contributed by atoms with Gasteiger partial charge in [0.15, 0.2) is 5.76 Å². The molecule has 3 heterocycles. The maximum absolute atomic E-state index is 13.3. The number of amides is 2. The predicted octanol–water partition coefficient (Wildman–Crippen LogP) is 2.95. The van der Waals surface area contributed by atoms with Crippen molar-refractivity contribution in [2.75, 3.05) is 0 Å². The zero-order chi connectivity index (χ0) is 23.3. The van der Waals surface area contributed by atoms with Crippen molar-refractivity contribution >= 4 is 11.8 Å². The second-order valence-electron chi connectivity index (χ2n) is 8.70. The Balaban J connectivity index is 1.82. The molecular formula is C22H30N6O4. The molecule has 0 saturated carbocycles. The Labute approximate surface area is 186 Å². The molecule has 0 aliphatic carbocycles. The largest absolute Gasteiger partial charge is 0.467 e. The highest BCUT2D eigenvalue weighted by Crippen LogP contribution is 2.18. The highest BCUT2D eigenvalue weighted by Gasteiger charge is 2.32. The molecule has 32 heavy (non-hydrogen) atoms. The number of aryl methyl sites for hydroxylation is 1. The lowest BCUT2D eigenvalue weighted by Crippen LogP contribution is -2.54. The third kappa shape index (κ3) is 6.05. The molecule has 10 nitrogen and oxygen atoms in total. The first-order valence-corrected chi connectivity index (χ1v) is 10.6. The molecule has 0 spiro atoms. The number of tetrazole rings is 1. The van der Waals surface area contributed by atoms with Crippen LogP contribution in [0.15, 0.2) is 39.4 Å². The van der Waals surface area contributed by atoms with Gasteiger partial charge in [0.05, 0.1) is 12.8 Å². The molecule has 0 radical (unpaired) electrons. The second kappa shape index (κ2) is 9.80. The molecule has 3 aromatic rings. The van der Waals surface area contributed by atoms with Crippen LogP contribution in [0.25, 0.3) is 11.6 Å². The molecule has 0 unspecified atom stereocenters. The van der Waals surface area contributed by atoms with Gasteiger partial charge in [-0.25, -0.2) is 0 Å². The SMILES string of the molecule is CCC[C@H](C(=O)NC(C)(C)C)N(Cc1ccco1)C(=O)Cn1nnc(-c2ccc(C)o2)n1. The van der Waals surface area contributed by atoms with E-state index < -0.39 is 11.6 Å². The average Bonchev–Trinajstić information content (AvgIpc) is 3.45. The standard InChI is InChI=1S/C22H30N6O4/c1-6-8-17(21(30)23-22(3,4)5)27(13-16-9-7-12-31-16)19(29)14-28-25-20(24-26-28)18-11-10-15(2)32-18/h7,9-12,17H,6,8,13-14H2,1-5H3,(H,23,30)/t17-/m1/s1. The third-order valence-electron chi connectivity index (χ3n) is 4.66. The Bertz CT molecular complexity index is 1030. The maximum Gasteiger partial charge on any atom is 0.247 e. The molecule has 172 valence electrons. The summed E-state index contributed by atoms with van der Waals surface area (Å²) < 4.78 is 11.0. The monoisotopic (exact) mass is 442 g/mol. The summed E-state index contributed by atoms with van der Waals surface area (Å²) in [5.41, 5.74) is -0.425. The van der Waals surface area contributed by atoms with Crippen molar-refractivity contribution in [1.82, 2.24) is 30.4 Å². The topological polar surface area (TPSA) is 119 Å². The minimum Gasteiger partial charge on any atom is -0.467 e. The minimum absolute atomic E-state index is 0.160. The number of furan rings is 2. The maximum atomic E-state index is 13.3. The Hall–Kier alpha value is -3.43. The van der Waals surface area contributed by atoms with E-state index in [1.807, 2.05) is 34.6 Å². The highest BCUT2D eigenvalue weighted by atomic mass is 16.3. The Morgan fingerprint density at radius 3 is 2.62 bits per heavy atom. The number of hydrogen-bond acceptors (Lipinski definition) is 7. The fraction of sp³-hybridized carbons (Fsp3) is 0.500. The minimum atomic E-state index is -0.660. The molecule has 2 amide bonds. The quantitative estimate of drug-likeness (QED) is 0.541. The van der Waals surface area contributed by atoms with Crippen LogP contribution in [0, 0.1) is 6.92 Å². The Morgan fingerprint density at radius 2 is 2.03 bits per heavy atom. The molecule has 0 aromatic carbocycles. The van der Waals surface area contributed by atoms with Gasteiger partial charge in [-0.3, -0.25) is 9.59 Å². The highest BCUT2D eigenvalue weighted by molar-refractivity contribution is 5.88. The van der Waals surface area contributed by atoms with E-state index in [1.165, 1.54) is 9.70 Å². The number of nitrogens with one attached hydrogen (secondary N) is 1. The van der Waals surface area contributed by atoms with Gasteiger partial charge in [0, 0.05) is 5.54 Å². The molecule has 0 aliphatic heterocycles. The number of carbonyl (C=O) groups is 2. The second-order valence-corrected chi connectivity index (χ2v) is 8.70. The number of carbonyl (C=O) groups excluding carboxylic acids is 2. The molecule has 0 aliphatic rings. The van der Waals surface area contributed by atoms with Gasteiger partial charge in [0.2, 0.25) is 17.6 Å². The number of aromatic nitrogens is 4. The summed E-state index contributed by atoms with van der Waals surface area (Å²) in [6.07, 6.45) is 2.78. The first kappa shape index (κ1) is 23.2. The van der Waals surface area contributed by atoms with Crippen LogP contribution in [0.2, 0.25) is 0 Å². The van der Waals surface area contributed by atoms with Crippen molar-refractivity contribution in [2.45, 2.75) is 72.1 Å². The number of rotatable bonds is 9. The Morgan fingerprint density at radius 1 is 1.25 bits per heavy atom. The zero-order valence-electron chi connectivity index (χ0n) is 19.2. The average molecular weight is 443 g/mol. The van der Waals surface area contributed by atoms with Crippen LogP contribution in [-0.2, 0) is 22.7 Å². The van der Waals surface area contributed by atoms with Gasteiger partial charge in [0.1, 0.15) is 24.1 Å². The fourth-order valence-electron chi connectivity index (χ4n) is 3.27. The van der Waals surface area contributed by atoms with Crippen molar-refractivity contribution in [1.29, 1.82) is 0 Å². The summed E-state index contributed by atoms with van der Waals surface area (Å²) in [5.74, 6) is 1.55. The lowest BCUT2D eigenvalue weighted by Gasteiger charge is -2.32. The van der Waals surface area contributed by atoms with Crippen molar-refractivity contribution in [2.24, 2.45) is 0 Å². The van der Waals surface area contributed by atoms with Gasteiger partial charge in [0.25, 0.3) is 0 Å². The van der Waals surface area contributed by atoms with E-state index >= 15 is 0 Å². The summed E-state index contributed by atoms with van der Waals surface area (Å²) in [7, 11) is 0. The van der Waals surface area contributed by atoms with E-state index in [0.29, 0.717) is 23.8 Å². The van der Waals surface area contributed by atoms with Crippen LogP contribution in [0.1, 0.15) is 52.1 Å². The molecule has 0 bridgehead atoms. The molecule has 0 fully saturated rings. The number of nitrogens with zero attached hydrogens (tertiary/aromatic N) is 5. The normalized spacial score (nSPS) is 12.5. The van der Waals surface area contributed by atoms with Crippen LogP contribution in [0.5, 0.6) is 0 Å². The summed E-state index contributed by atoms with van der Waals surface area (Å²) in [4.78, 5) is 29.1. The van der Waals surface area contributed by atoms with Gasteiger partial charge in [-0.2, -0.15) is 4.80 Å². The van der Waals surface area contributed by atoms with Crippen LogP contribution in [0.3, 0.4) is 0 Å². The molecule has 10 heteroatoms. The van der Waals surface area contributed by atoms with Gasteiger partial charge in [-0.1, -0.05) is 13.3 Å². The van der Waals surface area contributed by atoms with Crippen LogP contribution in [-0.4, -0.2) is 48.5 Å². The summed E-state index contributed by atoms with van der Waals surface area (Å²) in [6, 6.07) is 6.41. The molecule has 3 rings (SSSR count). The molecule has 1 N–H and O–H groups in total. The van der Waals surface area contributed by atoms with E-state index in [0.717, 1.165) is 12.2 Å². The van der Waals surface area contributed by atoms with Crippen molar-refractivity contribution in [3.05, 3.63) is 42.0 Å². The first-order valence-electron chi connectivity index (χ1n) is 10.6. The fourth-order valence-corrected chi connectivity index (χ4v) is 3.27. The van der Waals surface area contributed by atoms with E-state index in [2.05, 4.69) is 20.7 Å². The summed E-state index contributed by atoms with van der Waals surface area (Å²) in [6.45, 7) is 9.50. The van der Waals surface area contributed by atoms with Crippen molar-refractivity contribution in [3.63, 3.8) is 0 Å². The predicted molar refractivity (Wildman–Crippen MR) is 116 cm³/mol. The van der Waals surface area contributed by atoms with Crippen molar-refractivity contribution < 1.29 is 18.4 Å². The molecule has 3 aromatic heterocycles. The van der Waals surface area contributed by atoms with Gasteiger partial charge >= 0.3 is 0 Å².